The molecule has 0 saturated carbocycles. The van der Waals surface area contributed by atoms with Crippen molar-refractivity contribution in [1.82, 2.24) is 0 Å². The number of oxime groups is 1. The van der Waals surface area contributed by atoms with E-state index in [1.54, 1.807) is 0 Å². The molecular weight excluding hydrogens is 354 g/mol. The van der Waals surface area contributed by atoms with Crippen molar-refractivity contribution in [3.63, 3.8) is 0 Å². The molecule has 0 atom stereocenters. The Hall–Kier alpha value is -1.72. The van der Waals surface area contributed by atoms with Gasteiger partial charge in [0.2, 0.25) is 0 Å². The van der Waals surface area contributed by atoms with E-state index in [-0.39, 0.29) is 5.84 Å². The lowest BCUT2D eigenvalue weighted by Crippen LogP contribution is -2.22. The third-order valence-corrected chi connectivity index (χ3v) is 3.83. The first-order valence-electron chi connectivity index (χ1n) is 6.24. The molecule has 0 amide bonds. The number of rotatable bonds is 4. The van der Waals surface area contributed by atoms with E-state index in [4.69, 9.17) is 22.5 Å². The summed E-state index contributed by atoms with van der Waals surface area (Å²) in [5, 5.41) is 12.7. The first-order chi connectivity index (χ1) is 10.0. The predicted octanol–water partition coefficient (Wildman–Crippen LogP) is 3.83. The van der Waals surface area contributed by atoms with Gasteiger partial charge in [0.25, 0.3) is 0 Å². The van der Waals surface area contributed by atoms with Crippen molar-refractivity contribution in [3.8, 4) is 0 Å². The number of nitrogens with zero attached hydrogens (tertiary/aromatic N) is 2. The fourth-order valence-corrected chi connectivity index (χ4v) is 2.51. The van der Waals surface area contributed by atoms with Gasteiger partial charge in [-0.3, -0.25) is 0 Å². The van der Waals surface area contributed by atoms with Crippen LogP contribution in [0.2, 0.25) is 5.02 Å². The number of amidine groups is 1. The number of hydrogen-bond donors (Lipinski definition) is 2. The summed E-state index contributed by atoms with van der Waals surface area (Å²) in [6.07, 6.45) is 0. The number of halogens is 2. The quantitative estimate of drug-likeness (QED) is 0.373. The second-order valence-electron chi connectivity index (χ2n) is 4.63. The Morgan fingerprint density at radius 1 is 1.29 bits per heavy atom. The van der Waals surface area contributed by atoms with Gasteiger partial charge >= 0.3 is 0 Å². The largest absolute Gasteiger partial charge is 0.409 e. The van der Waals surface area contributed by atoms with Crippen LogP contribution in [0.25, 0.3) is 0 Å². The van der Waals surface area contributed by atoms with Gasteiger partial charge in [0.1, 0.15) is 0 Å². The molecule has 21 heavy (non-hydrogen) atoms. The molecular formula is C15H15BrClN3O. The van der Waals surface area contributed by atoms with Crippen LogP contribution in [-0.4, -0.2) is 18.1 Å². The van der Waals surface area contributed by atoms with E-state index in [1.165, 1.54) is 0 Å². The minimum Gasteiger partial charge on any atom is -0.409 e. The molecule has 0 bridgehead atoms. The highest BCUT2D eigenvalue weighted by Crippen LogP contribution is 2.26. The smallest absolute Gasteiger partial charge is 0.172 e. The Kier molecular flexibility index (Phi) is 5.09. The second-order valence-corrected chi connectivity index (χ2v) is 5.98. The topological polar surface area (TPSA) is 61.8 Å². The lowest BCUT2D eigenvalue weighted by molar-refractivity contribution is 0.318. The zero-order valence-corrected chi connectivity index (χ0v) is 13.8. The molecule has 0 saturated heterocycles. The maximum Gasteiger partial charge on any atom is 0.172 e. The van der Waals surface area contributed by atoms with Crippen molar-refractivity contribution in [2.45, 2.75) is 6.54 Å². The van der Waals surface area contributed by atoms with Gasteiger partial charge in [-0.15, -0.1) is 0 Å². The van der Waals surface area contributed by atoms with Gasteiger partial charge in [0.15, 0.2) is 5.84 Å². The van der Waals surface area contributed by atoms with Crippen molar-refractivity contribution in [1.29, 1.82) is 0 Å². The number of anilines is 1. The van der Waals surface area contributed by atoms with Crippen molar-refractivity contribution >= 4 is 39.1 Å². The van der Waals surface area contributed by atoms with Crippen LogP contribution in [0, 0.1) is 0 Å². The molecule has 2 aromatic carbocycles. The molecule has 0 radical (unpaired) electrons. The third kappa shape index (κ3) is 3.89. The molecule has 0 aliphatic heterocycles. The van der Waals surface area contributed by atoms with Gasteiger partial charge in [-0.2, -0.15) is 0 Å². The summed E-state index contributed by atoms with van der Waals surface area (Å²) in [6.45, 7) is 0.680. The van der Waals surface area contributed by atoms with Gasteiger partial charge < -0.3 is 15.8 Å². The normalized spacial score (nSPS) is 11.5. The van der Waals surface area contributed by atoms with Crippen molar-refractivity contribution in [2.75, 3.05) is 11.9 Å². The molecule has 0 aliphatic rings. The summed E-state index contributed by atoms with van der Waals surface area (Å²) in [4.78, 5) is 2.03. The molecule has 2 aromatic rings. The van der Waals surface area contributed by atoms with Gasteiger partial charge in [-0.1, -0.05) is 44.8 Å². The highest BCUT2D eigenvalue weighted by molar-refractivity contribution is 9.10. The highest BCUT2D eigenvalue weighted by Gasteiger charge is 2.12. The summed E-state index contributed by atoms with van der Waals surface area (Å²) in [5.41, 5.74) is 8.40. The fraction of sp³-hybridized carbons (Fsp3) is 0.133. The summed E-state index contributed by atoms with van der Waals surface area (Å²) in [5.74, 6) is 0.0838. The number of benzene rings is 2. The van der Waals surface area contributed by atoms with Gasteiger partial charge in [-0.25, -0.2) is 0 Å². The fourth-order valence-electron chi connectivity index (χ4n) is 2.04. The van der Waals surface area contributed by atoms with Crippen LogP contribution >= 0.6 is 27.5 Å². The predicted molar refractivity (Wildman–Crippen MR) is 90.2 cm³/mol. The first kappa shape index (κ1) is 15.7. The van der Waals surface area contributed by atoms with E-state index >= 15 is 0 Å². The van der Waals surface area contributed by atoms with Crippen LogP contribution in [-0.2, 0) is 6.54 Å². The molecule has 0 spiro atoms. The molecule has 3 N–H and O–H groups in total. The Labute approximate surface area is 136 Å². The zero-order valence-electron chi connectivity index (χ0n) is 11.4. The maximum atomic E-state index is 8.90. The Morgan fingerprint density at radius 2 is 1.95 bits per heavy atom. The van der Waals surface area contributed by atoms with E-state index in [9.17, 15) is 0 Å². The standard InChI is InChI=1S/C15H15BrClN3O/c1-20(9-10-2-5-12(17)6-3-10)14-8-11(16)4-7-13(14)15(18)19-21/h2-8,21H,9H2,1H3,(H2,18,19). The molecule has 0 aromatic heterocycles. The van der Waals surface area contributed by atoms with Crippen LogP contribution in [0.15, 0.2) is 52.1 Å². The minimum atomic E-state index is 0.0838. The summed E-state index contributed by atoms with van der Waals surface area (Å²) in [6, 6.07) is 13.3. The first-order valence-corrected chi connectivity index (χ1v) is 7.41. The summed E-state index contributed by atoms with van der Waals surface area (Å²) >= 11 is 9.34. The lowest BCUT2D eigenvalue weighted by atomic mass is 10.1. The van der Waals surface area contributed by atoms with Crippen LogP contribution in [0.3, 0.4) is 0 Å². The van der Waals surface area contributed by atoms with E-state index in [1.807, 2.05) is 54.4 Å². The minimum absolute atomic E-state index is 0.0838. The molecule has 0 heterocycles. The van der Waals surface area contributed by atoms with Crippen LogP contribution in [0.1, 0.15) is 11.1 Å². The third-order valence-electron chi connectivity index (χ3n) is 3.09. The van der Waals surface area contributed by atoms with Crippen LogP contribution in [0.5, 0.6) is 0 Å². The molecule has 110 valence electrons. The lowest BCUT2D eigenvalue weighted by Gasteiger charge is -2.22. The maximum absolute atomic E-state index is 8.90. The zero-order chi connectivity index (χ0) is 15.4. The van der Waals surface area contributed by atoms with E-state index in [0.717, 1.165) is 15.7 Å². The second kappa shape index (κ2) is 6.83. The van der Waals surface area contributed by atoms with Crippen LogP contribution < -0.4 is 10.6 Å². The van der Waals surface area contributed by atoms with E-state index in [0.29, 0.717) is 17.1 Å². The monoisotopic (exact) mass is 367 g/mol. The number of hydrogen-bond acceptors (Lipinski definition) is 3. The van der Waals surface area contributed by atoms with Crippen molar-refractivity contribution < 1.29 is 5.21 Å². The van der Waals surface area contributed by atoms with Crippen molar-refractivity contribution in [3.05, 3.63) is 63.1 Å². The summed E-state index contributed by atoms with van der Waals surface area (Å²) < 4.78 is 0.926. The average Bonchev–Trinajstić information content (AvgIpc) is 2.48. The Balaban J connectivity index is 2.31. The molecule has 0 unspecified atom stereocenters. The molecule has 6 heteroatoms. The van der Waals surface area contributed by atoms with Gasteiger partial charge in [0, 0.05) is 34.3 Å². The van der Waals surface area contributed by atoms with Gasteiger partial charge in [-0.05, 0) is 35.9 Å². The van der Waals surface area contributed by atoms with Gasteiger partial charge in [0.05, 0.1) is 0 Å². The summed E-state index contributed by atoms with van der Waals surface area (Å²) in [7, 11) is 1.95. The SMILES string of the molecule is CN(Cc1ccc(Cl)cc1)c1cc(Br)ccc1/C(N)=N/O. The Morgan fingerprint density at radius 3 is 2.57 bits per heavy atom. The van der Waals surface area contributed by atoms with Crippen LogP contribution in [0.4, 0.5) is 5.69 Å². The molecule has 0 fully saturated rings. The number of nitrogens with two attached hydrogens (primary N) is 1. The molecule has 4 nitrogen and oxygen atoms in total. The Bertz CT molecular complexity index is 658. The average molecular weight is 369 g/mol. The molecule has 2 rings (SSSR count). The van der Waals surface area contributed by atoms with E-state index < -0.39 is 0 Å². The van der Waals surface area contributed by atoms with Crippen molar-refractivity contribution in [2.24, 2.45) is 10.9 Å². The molecule has 0 aliphatic carbocycles. The van der Waals surface area contributed by atoms with E-state index in [2.05, 4.69) is 21.1 Å². The highest BCUT2D eigenvalue weighted by atomic mass is 79.9.